The number of rotatable bonds is 5. The van der Waals surface area contributed by atoms with Gasteiger partial charge in [-0.3, -0.25) is 4.79 Å². The van der Waals surface area contributed by atoms with Gasteiger partial charge in [-0.25, -0.2) is 0 Å². The first-order valence-electron chi connectivity index (χ1n) is 5.33. The van der Waals surface area contributed by atoms with Gasteiger partial charge in [0, 0.05) is 16.9 Å². The summed E-state index contributed by atoms with van der Waals surface area (Å²) in [4.78, 5) is 11.9. The summed E-state index contributed by atoms with van der Waals surface area (Å²) in [6.07, 6.45) is 1.02. The molecule has 1 aromatic carbocycles. The lowest BCUT2D eigenvalue weighted by Crippen LogP contribution is -2.28. The van der Waals surface area contributed by atoms with Crippen molar-refractivity contribution in [1.29, 1.82) is 0 Å². The first-order valence-corrected chi connectivity index (χ1v) is 7.21. The molecule has 1 N–H and O–H groups in total. The molecule has 0 aliphatic rings. The van der Waals surface area contributed by atoms with Gasteiger partial charge in [-0.1, -0.05) is 46.1 Å². The molecule has 0 fully saturated rings. The maximum atomic E-state index is 11.9. The molecule has 2 nitrogen and oxygen atoms in total. The van der Waals surface area contributed by atoms with Crippen LogP contribution in [0.1, 0.15) is 23.7 Å². The van der Waals surface area contributed by atoms with E-state index in [1.54, 1.807) is 18.2 Å². The van der Waals surface area contributed by atoms with Crippen molar-refractivity contribution in [2.45, 2.75) is 13.3 Å². The quantitative estimate of drug-likeness (QED) is 0.803. The average Bonchev–Trinajstić information content (AvgIpc) is 2.29. The number of hydrogen-bond donors (Lipinski definition) is 1. The van der Waals surface area contributed by atoms with E-state index in [1.807, 2.05) is 0 Å². The second-order valence-corrected chi connectivity index (χ2v) is 5.55. The van der Waals surface area contributed by atoms with E-state index >= 15 is 0 Å². The van der Waals surface area contributed by atoms with Crippen molar-refractivity contribution in [3.63, 3.8) is 0 Å². The number of carbonyl (C=O) groups is 1. The Bertz CT molecular complexity index is 398. The fourth-order valence-corrected chi connectivity index (χ4v) is 2.48. The third kappa shape index (κ3) is 4.86. The zero-order valence-corrected chi connectivity index (χ0v) is 12.6. The highest BCUT2D eigenvalue weighted by molar-refractivity contribution is 9.09. The fourth-order valence-electron chi connectivity index (χ4n) is 1.32. The van der Waals surface area contributed by atoms with Gasteiger partial charge < -0.3 is 5.32 Å². The van der Waals surface area contributed by atoms with Crippen LogP contribution in [0.5, 0.6) is 0 Å². The standard InChI is InChI=1S/C12H14BrCl2NO/c1-8(4-5-13)7-16-12(17)10-6-9(14)2-3-11(10)15/h2-3,6,8H,4-5,7H2,1H3,(H,16,17). The highest BCUT2D eigenvalue weighted by Gasteiger charge is 2.11. The van der Waals surface area contributed by atoms with E-state index in [0.29, 0.717) is 28.1 Å². The summed E-state index contributed by atoms with van der Waals surface area (Å²) in [6.45, 7) is 2.72. The van der Waals surface area contributed by atoms with Gasteiger partial charge in [0.15, 0.2) is 0 Å². The molecule has 17 heavy (non-hydrogen) atoms. The third-order valence-electron chi connectivity index (χ3n) is 2.39. The highest BCUT2D eigenvalue weighted by Crippen LogP contribution is 2.20. The Labute approximate surface area is 120 Å². The van der Waals surface area contributed by atoms with Gasteiger partial charge in [0.25, 0.3) is 5.91 Å². The van der Waals surface area contributed by atoms with Crippen LogP contribution in [0.15, 0.2) is 18.2 Å². The normalized spacial score (nSPS) is 12.2. The minimum Gasteiger partial charge on any atom is -0.352 e. The Morgan fingerprint density at radius 1 is 1.47 bits per heavy atom. The van der Waals surface area contributed by atoms with Gasteiger partial charge in [-0.15, -0.1) is 0 Å². The minimum atomic E-state index is -0.182. The van der Waals surface area contributed by atoms with Crippen molar-refractivity contribution < 1.29 is 4.79 Å². The highest BCUT2D eigenvalue weighted by atomic mass is 79.9. The zero-order valence-electron chi connectivity index (χ0n) is 9.47. The van der Waals surface area contributed by atoms with Crippen molar-refractivity contribution in [1.82, 2.24) is 5.32 Å². The molecular formula is C12H14BrCl2NO. The molecule has 1 amide bonds. The smallest absolute Gasteiger partial charge is 0.252 e. The Hall–Kier alpha value is -0.250. The maximum Gasteiger partial charge on any atom is 0.252 e. The topological polar surface area (TPSA) is 29.1 Å². The molecule has 0 saturated heterocycles. The van der Waals surface area contributed by atoms with E-state index in [4.69, 9.17) is 23.2 Å². The molecule has 0 radical (unpaired) electrons. The van der Waals surface area contributed by atoms with Crippen molar-refractivity contribution in [3.05, 3.63) is 33.8 Å². The number of hydrogen-bond acceptors (Lipinski definition) is 1. The SMILES string of the molecule is CC(CCBr)CNC(=O)c1cc(Cl)ccc1Cl. The number of alkyl halides is 1. The number of benzene rings is 1. The summed E-state index contributed by atoms with van der Waals surface area (Å²) in [7, 11) is 0. The van der Waals surface area contributed by atoms with Gasteiger partial charge in [0.05, 0.1) is 10.6 Å². The predicted molar refractivity (Wildman–Crippen MR) is 76.4 cm³/mol. The fraction of sp³-hybridized carbons (Fsp3) is 0.417. The van der Waals surface area contributed by atoms with E-state index in [-0.39, 0.29) is 5.91 Å². The van der Waals surface area contributed by atoms with E-state index in [2.05, 4.69) is 28.2 Å². The molecule has 1 aromatic rings. The van der Waals surface area contributed by atoms with E-state index < -0.39 is 0 Å². The van der Waals surface area contributed by atoms with E-state index in [1.165, 1.54) is 0 Å². The molecule has 1 unspecified atom stereocenters. The summed E-state index contributed by atoms with van der Waals surface area (Å²) in [6, 6.07) is 4.86. The molecule has 0 aliphatic heterocycles. The van der Waals surface area contributed by atoms with Crippen LogP contribution >= 0.6 is 39.1 Å². The summed E-state index contributed by atoms with van der Waals surface area (Å²) in [5.41, 5.74) is 0.421. The summed E-state index contributed by atoms with van der Waals surface area (Å²) in [5.74, 6) is 0.246. The molecule has 94 valence electrons. The van der Waals surface area contributed by atoms with Gasteiger partial charge >= 0.3 is 0 Å². The van der Waals surface area contributed by atoms with E-state index in [9.17, 15) is 4.79 Å². The van der Waals surface area contributed by atoms with Crippen molar-refractivity contribution >= 4 is 45.0 Å². The molecule has 1 rings (SSSR count). The monoisotopic (exact) mass is 337 g/mol. The summed E-state index contributed by atoms with van der Waals surface area (Å²) in [5, 5.41) is 4.71. The van der Waals surface area contributed by atoms with Gasteiger partial charge in [0.2, 0.25) is 0 Å². The molecular weight excluding hydrogens is 325 g/mol. The first-order chi connectivity index (χ1) is 8.04. The Morgan fingerprint density at radius 2 is 2.18 bits per heavy atom. The molecule has 0 heterocycles. The second kappa shape index (κ2) is 7.24. The minimum absolute atomic E-state index is 0.182. The lowest BCUT2D eigenvalue weighted by atomic mass is 10.1. The molecule has 0 aliphatic carbocycles. The van der Waals surface area contributed by atoms with Crippen molar-refractivity contribution in [2.75, 3.05) is 11.9 Å². The number of amides is 1. The summed E-state index contributed by atoms with van der Waals surface area (Å²) < 4.78 is 0. The lowest BCUT2D eigenvalue weighted by molar-refractivity contribution is 0.0948. The average molecular weight is 339 g/mol. The molecule has 0 aromatic heterocycles. The van der Waals surface area contributed by atoms with Crippen molar-refractivity contribution in [3.8, 4) is 0 Å². The molecule has 0 saturated carbocycles. The Morgan fingerprint density at radius 3 is 2.82 bits per heavy atom. The molecule has 1 atom stereocenters. The van der Waals surface area contributed by atoms with Crippen LogP contribution in [0.2, 0.25) is 10.0 Å². The Kier molecular flexibility index (Phi) is 6.31. The van der Waals surface area contributed by atoms with E-state index in [0.717, 1.165) is 11.8 Å². The first kappa shape index (κ1) is 14.8. The number of halogens is 3. The molecule has 0 bridgehead atoms. The largest absolute Gasteiger partial charge is 0.352 e. The predicted octanol–water partition coefficient (Wildman–Crippen LogP) is 4.14. The summed E-state index contributed by atoms with van der Waals surface area (Å²) >= 11 is 15.1. The van der Waals surface area contributed by atoms with Gasteiger partial charge in [-0.2, -0.15) is 0 Å². The lowest BCUT2D eigenvalue weighted by Gasteiger charge is -2.11. The van der Waals surface area contributed by atoms with Crippen LogP contribution in [0.4, 0.5) is 0 Å². The number of nitrogens with one attached hydrogen (secondary N) is 1. The second-order valence-electron chi connectivity index (χ2n) is 3.92. The van der Waals surface area contributed by atoms with Crippen LogP contribution in [-0.2, 0) is 0 Å². The molecule has 0 spiro atoms. The van der Waals surface area contributed by atoms with Crippen LogP contribution in [-0.4, -0.2) is 17.8 Å². The van der Waals surface area contributed by atoms with Crippen molar-refractivity contribution in [2.24, 2.45) is 5.92 Å². The van der Waals surface area contributed by atoms with Gasteiger partial charge in [0.1, 0.15) is 0 Å². The van der Waals surface area contributed by atoms with Crippen LogP contribution in [0.25, 0.3) is 0 Å². The van der Waals surface area contributed by atoms with Crippen LogP contribution in [0, 0.1) is 5.92 Å². The molecule has 5 heteroatoms. The third-order valence-corrected chi connectivity index (χ3v) is 3.41. The number of carbonyl (C=O) groups excluding carboxylic acids is 1. The Balaban J connectivity index is 2.61. The van der Waals surface area contributed by atoms with Crippen LogP contribution in [0.3, 0.4) is 0 Å². The zero-order chi connectivity index (χ0) is 12.8. The van der Waals surface area contributed by atoms with Crippen LogP contribution < -0.4 is 5.32 Å². The van der Waals surface area contributed by atoms with Gasteiger partial charge in [-0.05, 0) is 30.5 Å². The maximum absolute atomic E-state index is 11.9.